The van der Waals surface area contributed by atoms with E-state index in [9.17, 15) is 0 Å². The first kappa shape index (κ1) is 14.8. The molecule has 2 heterocycles. The summed E-state index contributed by atoms with van der Waals surface area (Å²) in [6.45, 7) is 9.32. The summed E-state index contributed by atoms with van der Waals surface area (Å²) in [5, 5.41) is 7.76. The van der Waals surface area contributed by atoms with Crippen molar-refractivity contribution in [1.82, 2.24) is 20.1 Å². The van der Waals surface area contributed by atoms with Crippen molar-refractivity contribution in [1.29, 1.82) is 0 Å². The van der Waals surface area contributed by atoms with Gasteiger partial charge in [-0.15, -0.1) is 0 Å². The standard InChI is InChI=1S/C15H24N4O/c1-5-12-7-8-14(20-12)13(16-6-2)9-15-17-10-18-19(15)11(3)4/h7-8,10-11,13,16H,5-6,9H2,1-4H3. The lowest BCUT2D eigenvalue weighted by Gasteiger charge is -2.17. The van der Waals surface area contributed by atoms with Gasteiger partial charge < -0.3 is 9.73 Å². The summed E-state index contributed by atoms with van der Waals surface area (Å²) < 4.78 is 7.84. The maximum atomic E-state index is 5.88. The molecule has 20 heavy (non-hydrogen) atoms. The predicted molar refractivity (Wildman–Crippen MR) is 78.6 cm³/mol. The number of likely N-dealkylation sites (N-methyl/N-ethyl adjacent to an activating group) is 1. The van der Waals surface area contributed by atoms with Crippen LogP contribution in [0.2, 0.25) is 0 Å². The molecule has 2 rings (SSSR count). The van der Waals surface area contributed by atoms with Crippen LogP contribution in [0.5, 0.6) is 0 Å². The molecule has 1 atom stereocenters. The summed E-state index contributed by atoms with van der Waals surface area (Å²) in [6.07, 6.45) is 3.32. The Morgan fingerprint density at radius 2 is 2.10 bits per heavy atom. The van der Waals surface area contributed by atoms with Crippen LogP contribution in [0.3, 0.4) is 0 Å². The number of nitrogens with zero attached hydrogens (tertiary/aromatic N) is 3. The van der Waals surface area contributed by atoms with Crippen molar-refractivity contribution in [3.05, 3.63) is 35.8 Å². The van der Waals surface area contributed by atoms with E-state index in [0.717, 1.165) is 36.7 Å². The third kappa shape index (κ3) is 3.28. The highest BCUT2D eigenvalue weighted by Crippen LogP contribution is 2.21. The lowest BCUT2D eigenvalue weighted by atomic mass is 10.1. The summed E-state index contributed by atoms with van der Waals surface area (Å²) in [5.74, 6) is 2.98. The van der Waals surface area contributed by atoms with Gasteiger partial charge in [-0.25, -0.2) is 9.67 Å². The molecule has 0 bridgehead atoms. The first-order chi connectivity index (χ1) is 9.65. The van der Waals surface area contributed by atoms with Crippen LogP contribution in [0.25, 0.3) is 0 Å². The molecule has 1 N–H and O–H groups in total. The van der Waals surface area contributed by atoms with Gasteiger partial charge in [-0.1, -0.05) is 13.8 Å². The van der Waals surface area contributed by atoms with Crippen LogP contribution in [0.4, 0.5) is 0 Å². The Morgan fingerprint density at radius 1 is 1.30 bits per heavy atom. The van der Waals surface area contributed by atoms with Gasteiger partial charge in [0.1, 0.15) is 23.7 Å². The van der Waals surface area contributed by atoms with Gasteiger partial charge in [-0.2, -0.15) is 5.10 Å². The summed E-state index contributed by atoms with van der Waals surface area (Å²) in [7, 11) is 0. The monoisotopic (exact) mass is 276 g/mol. The van der Waals surface area contributed by atoms with E-state index in [1.54, 1.807) is 6.33 Å². The molecule has 2 aromatic rings. The Kier molecular flexibility index (Phi) is 4.95. The number of hydrogen-bond acceptors (Lipinski definition) is 4. The van der Waals surface area contributed by atoms with E-state index in [0.29, 0.717) is 6.04 Å². The molecule has 0 aliphatic carbocycles. The zero-order chi connectivity index (χ0) is 14.5. The lowest BCUT2D eigenvalue weighted by molar-refractivity contribution is 0.384. The summed E-state index contributed by atoms with van der Waals surface area (Å²) >= 11 is 0. The van der Waals surface area contributed by atoms with Crippen LogP contribution in [0.1, 0.15) is 57.1 Å². The highest BCUT2D eigenvalue weighted by Gasteiger charge is 2.19. The highest BCUT2D eigenvalue weighted by atomic mass is 16.3. The molecule has 0 aliphatic heterocycles. The second kappa shape index (κ2) is 6.70. The van der Waals surface area contributed by atoms with Gasteiger partial charge >= 0.3 is 0 Å². The molecule has 0 saturated carbocycles. The molecule has 2 aromatic heterocycles. The third-order valence-electron chi connectivity index (χ3n) is 3.35. The summed E-state index contributed by atoms with van der Waals surface area (Å²) in [6, 6.07) is 4.56. The van der Waals surface area contributed by atoms with Gasteiger partial charge in [-0.3, -0.25) is 0 Å². The molecule has 0 aromatic carbocycles. The van der Waals surface area contributed by atoms with Gasteiger partial charge in [0.05, 0.1) is 6.04 Å². The van der Waals surface area contributed by atoms with Crippen molar-refractivity contribution in [2.24, 2.45) is 0 Å². The molecule has 0 spiro atoms. The average molecular weight is 276 g/mol. The van der Waals surface area contributed by atoms with Crippen molar-refractivity contribution in [2.45, 2.75) is 52.6 Å². The molecule has 0 saturated heterocycles. The normalized spacial score (nSPS) is 13.1. The van der Waals surface area contributed by atoms with E-state index >= 15 is 0 Å². The zero-order valence-corrected chi connectivity index (χ0v) is 12.8. The van der Waals surface area contributed by atoms with Gasteiger partial charge in [0, 0.05) is 18.9 Å². The lowest BCUT2D eigenvalue weighted by Crippen LogP contribution is -2.24. The van der Waals surface area contributed by atoms with Crippen molar-refractivity contribution >= 4 is 0 Å². The first-order valence-corrected chi connectivity index (χ1v) is 7.36. The van der Waals surface area contributed by atoms with Crippen LogP contribution in [-0.4, -0.2) is 21.3 Å². The fourth-order valence-corrected chi connectivity index (χ4v) is 2.33. The molecule has 0 amide bonds. The molecular formula is C15H24N4O. The minimum Gasteiger partial charge on any atom is -0.464 e. The Bertz CT molecular complexity index is 529. The van der Waals surface area contributed by atoms with Gasteiger partial charge in [0.25, 0.3) is 0 Å². The van der Waals surface area contributed by atoms with E-state index < -0.39 is 0 Å². The maximum Gasteiger partial charge on any atom is 0.138 e. The molecule has 0 aliphatic rings. The molecule has 0 fully saturated rings. The van der Waals surface area contributed by atoms with E-state index in [2.05, 4.69) is 49.2 Å². The van der Waals surface area contributed by atoms with Gasteiger partial charge in [-0.05, 0) is 32.5 Å². The third-order valence-corrected chi connectivity index (χ3v) is 3.35. The minimum atomic E-state index is 0.141. The van der Waals surface area contributed by atoms with Crippen LogP contribution in [0.15, 0.2) is 22.9 Å². The molecule has 0 radical (unpaired) electrons. The Labute approximate surface area is 120 Å². The van der Waals surface area contributed by atoms with Gasteiger partial charge in [0.15, 0.2) is 0 Å². The fraction of sp³-hybridized carbons (Fsp3) is 0.600. The minimum absolute atomic E-state index is 0.141. The first-order valence-electron chi connectivity index (χ1n) is 7.36. The van der Waals surface area contributed by atoms with Crippen LogP contribution in [-0.2, 0) is 12.8 Å². The Morgan fingerprint density at radius 3 is 2.70 bits per heavy atom. The Hall–Kier alpha value is -1.62. The molecule has 5 nitrogen and oxygen atoms in total. The number of aromatic nitrogens is 3. The SMILES string of the molecule is CCNC(Cc1ncnn1C(C)C)c1ccc(CC)o1. The topological polar surface area (TPSA) is 55.9 Å². The van der Waals surface area contributed by atoms with E-state index in [4.69, 9.17) is 4.42 Å². The average Bonchev–Trinajstić information content (AvgIpc) is 3.06. The fourth-order valence-electron chi connectivity index (χ4n) is 2.33. The van der Waals surface area contributed by atoms with Crippen molar-refractivity contribution in [3.63, 3.8) is 0 Å². The summed E-state index contributed by atoms with van der Waals surface area (Å²) in [5.41, 5.74) is 0. The van der Waals surface area contributed by atoms with E-state index in [1.807, 2.05) is 10.7 Å². The second-order valence-corrected chi connectivity index (χ2v) is 5.19. The van der Waals surface area contributed by atoms with E-state index in [-0.39, 0.29) is 6.04 Å². The number of nitrogens with one attached hydrogen (secondary N) is 1. The molecule has 110 valence electrons. The van der Waals surface area contributed by atoms with Gasteiger partial charge in [0.2, 0.25) is 0 Å². The smallest absolute Gasteiger partial charge is 0.138 e. The number of hydrogen-bond donors (Lipinski definition) is 1. The van der Waals surface area contributed by atoms with Crippen molar-refractivity contribution in [2.75, 3.05) is 6.54 Å². The zero-order valence-electron chi connectivity index (χ0n) is 12.8. The van der Waals surface area contributed by atoms with Crippen LogP contribution >= 0.6 is 0 Å². The maximum absolute atomic E-state index is 5.88. The number of furan rings is 1. The number of aryl methyl sites for hydroxylation is 1. The predicted octanol–water partition coefficient (Wildman–Crippen LogP) is 2.91. The van der Waals surface area contributed by atoms with Crippen molar-refractivity contribution in [3.8, 4) is 0 Å². The quantitative estimate of drug-likeness (QED) is 0.845. The van der Waals surface area contributed by atoms with E-state index in [1.165, 1.54) is 0 Å². The molecular weight excluding hydrogens is 252 g/mol. The number of rotatable bonds is 7. The largest absolute Gasteiger partial charge is 0.464 e. The molecule has 5 heteroatoms. The van der Waals surface area contributed by atoms with Crippen LogP contribution in [0, 0.1) is 0 Å². The highest BCUT2D eigenvalue weighted by molar-refractivity contribution is 5.12. The van der Waals surface area contributed by atoms with Crippen LogP contribution < -0.4 is 5.32 Å². The Balaban J connectivity index is 2.18. The van der Waals surface area contributed by atoms with Crippen molar-refractivity contribution < 1.29 is 4.42 Å². The molecule has 1 unspecified atom stereocenters. The summed E-state index contributed by atoms with van der Waals surface area (Å²) in [4.78, 5) is 4.38. The second-order valence-electron chi connectivity index (χ2n) is 5.19.